The van der Waals surface area contributed by atoms with Gasteiger partial charge < -0.3 is 5.32 Å². The minimum absolute atomic E-state index is 0.0914. The first kappa shape index (κ1) is 20.4. The molecule has 1 N–H and O–H groups in total. The van der Waals surface area contributed by atoms with E-state index >= 15 is 0 Å². The van der Waals surface area contributed by atoms with Crippen LogP contribution >= 0.6 is 0 Å². The highest BCUT2D eigenvalue weighted by molar-refractivity contribution is 7.89. The molecule has 0 unspecified atom stereocenters. The average molecular weight is 397 g/mol. The Morgan fingerprint density at radius 3 is 2.15 bits per heavy atom. The van der Waals surface area contributed by atoms with Gasteiger partial charge >= 0.3 is 6.18 Å². The van der Waals surface area contributed by atoms with Crippen molar-refractivity contribution < 1.29 is 26.4 Å². The second kappa shape index (κ2) is 7.77. The molecule has 0 saturated heterocycles. The molecule has 0 bridgehead atoms. The van der Waals surface area contributed by atoms with E-state index in [1.165, 1.54) is 31.3 Å². The van der Waals surface area contributed by atoms with E-state index in [4.69, 9.17) is 5.26 Å². The van der Waals surface area contributed by atoms with Crippen molar-refractivity contribution in [2.75, 3.05) is 18.9 Å². The van der Waals surface area contributed by atoms with Gasteiger partial charge in [-0.05, 0) is 48.5 Å². The molecule has 0 aliphatic carbocycles. The molecule has 0 heterocycles. The number of halogens is 3. The van der Waals surface area contributed by atoms with Crippen LogP contribution in [0, 0.1) is 11.3 Å². The van der Waals surface area contributed by atoms with Crippen molar-refractivity contribution in [3.63, 3.8) is 0 Å². The van der Waals surface area contributed by atoms with Gasteiger partial charge in [-0.1, -0.05) is 0 Å². The number of rotatable bonds is 5. The quantitative estimate of drug-likeness (QED) is 0.840. The summed E-state index contributed by atoms with van der Waals surface area (Å²) >= 11 is 0. The van der Waals surface area contributed by atoms with Crippen molar-refractivity contribution in [1.82, 2.24) is 4.31 Å². The summed E-state index contributed by atoms with van der Waals surface area (Å²) < 4.78 is 63.2. The van der Waals surface area contributed by atoms with Gasteiger partial charge in [0.25, 0.3) is 0 Å². The summed E-state index contributed by atoms with van der Waals surface area (Å²) in [6, 6.07) is 10.8. The number of hydrogen-bond donors (Lipinski definition) is 1. The number of benzene rings is 2. The molecular formula is C17H14F3N3O3S. The molecule has 0 aliphatic rings. The Morgan fingerprint density at radius 2 is 1.67 bits per heavy atom. The van der Waals surface area contributed by atoms with Crippen LogP contribution in [0.25, 0.3) is 0 Å². The summed E-state index contributed by atoms with van der Waals surface area (Å²) in [7, 11) is -2.77. The first-order valence-corrected chi connectivity index (χ1v) is 8.91. The smallest absolute Gasteiger partial charge is 0.325 e. The maximum absolute atomic E-state index is 12.5. The molecule has 27 heavy (non-hydrogen) atoms. The Kier molecular flexibility index (Phi) is 5.88. The van der Waals surface area contributed by atoms with E-state index in [9.17, 15) is 26.4 Å². The molecule has 0 saturated carbocycles. The van der Waals surface area contributed by atoms with Crippen molar-refractivity contribution >= 4 is 21.6 Å². The standard InChI is InChI=1S/C17H14F3N3O3S/c1-23(27(25,26)15-8-2-12(10-21)3-9-15)11-16(24)22-14-6-4-13(5-7-14)17(18,19)20/h2-9H,11H2,1H3,(H,22,24). The second-order valence-electron chi connectivity index (χ2n) is 5.52. The lowest BCUT2D eigenvalue weighted by molar-refractivity contribution is -0.137. The third-order valence-corrected chi connectivity index (χ3v) is 5.37. The van der Waals surface area contributed by atoms with Crippen molar-refractivity contribution in [1.29, 1.82) is 5.26 Å². The lowest BCUT2D eigenvalue weighted by Gasteiger charge is -2.17. The minimum Gasteiger partial charge on any atom is -0.325 e. The Morgan fingerprint density at radius 1 is 1.11 bits per heavy atom. The predicted octanol–water partition coefficient (Wildman–Crippen LogP) is 2.84. The zero-order chi connectivity index (χ0) is 20.2. The summed E-state index contributed by atoms with van der Waals surface area (Å²) in [6.07, 6.45) is -4.49. The fourth-order valence-electron chi connectivity index (χ4n) is 2.11. The van der Waals surface area contributed by atoms with Crippen LogP contribution in [-0.2, 0) is 21.0 Å². The van der Waals surface area contributed by atoms with Crippen molar-refractivity contribution in [2.24, 2.45) is 0 Å². The maximum atomic E-state index is 12.5. The second-order valence-corrected chi connectivity index (χ2v) is 7.57. The van der Waals surface area contributed by atoms with Crippen LogP contribution in [0.3, 0.4) is 0 Å². The summed E-state index contributed by atoms with van der Waals surface area (Å²) in [5.74, 6) is -0.713. The number of hydrogen-bond acceptors (Lipinski definition) is 4. The summed E-state index contributed by atoms with van der Waals surface area (Å²) in [5.41, 5.74) is -0.463. The summed E-state index contributed by atoms with van der Waals surface area (Å²) in [4.78, 5) is 11.9. The van der Waals surface area contributed by atoms with Crippen molar-refractivity contribution in [2.45, 2.75) is 11.1 Å². The van der Waals surface area contributed by atoms with Crippen molar-refractivity contribution in [3.8, 4) is 6.07 Å². The molecule has 142 valence electrons. The van der Waals surface area contributed by atoms with Crippen LogP contribution in [0.5, 0.6) is 0 Å². The SMILES string of the molecule is CN(CC(=O)Nc1ccc(C(F)(F)F)cc1)S(=O)(=O)c1ccc(C#N)cc1. The largest absolute Gasteiger partial charge is 0.416 e. The third kappa shape index (κ3) is 5.06. The fourth-order valence-corrected chi connectivity index (χ4v) is 3.24. The number of nitrogens with zero attached hydrogens (tertiary/aromatic N) is 2. The molecule has 2 aromatic carbocycles. The molecule has 0 radical (unpaired) electrons. The molecule has 2 aromatic rings. The van der Waals surface area contributed by atoms with Gasteiger partial charge in [0, 0.05) is 12.7 Å². The molecule has 1 amide bonds. The van der Waals surface area contributed by atoms with Crippen LogP contribution in [-0.4, -0.2) is 32.2 Å². The molecule has 0 fully saturated rings. The first-order valence-electron chi connectivity index (χ1n) is 7.47. The van der Waals surface area contributed by atoms with Gasteiger partial charge in [-0.3, -0.25) is 4.79 Å². The van der Waals surface area contributed by atoms with Crippen LogP contribution in [0.1, 0.15) is 11.1 Å². The number of sulfonamides is 1. The molecule has 0 spiro atoms. The van der Waals surface area contributed by atoms with Gasteiger partial charge in [-0.25, -0.2) is 8.42 Å². The van der Waals surface area contributed by atoms with E-state index in [0.717, 1.165) is 28.6 Å². The zero-order valence-corrected chi connectivity index (χ0v) is 14.8. The van der Waals surface area contributed by atoms with Crippen LogP contribution < -0.4 is 5.32 Å². The number of likely N-dealkylation sites (N-methyl/N-ethyl adjacent to an activating group) is 1. The number of nitriles is 1. The molecule has 10 heteroatoms. The average Bonchev–Trinajstić information content (AvgIpc) is 2.61. The van der Waals surface area contributed by atoms with Crippen molar-refractivity contribution in [3.05, 3.63) is 59.7 Å². The molecule has 6 nitrogen and oxygen atoms in total. The van der Waals surface area contributed by atoms with E-state index in [0.29, 0.717) is 0 Å². The van der Waals surface area contributed by atoms with Gasteiger partial charge in [-0.2, -0.15) is 22.7 Å². The monoisotopic (exact) mass is 397 g/mol. The molecular weight excluding hydrogens is 383 g/mol. The molecule has 0 aromatic heterocycles. The lowest BCUT2D eigenvalue weighted by atomic mass is 10.2. The van der Waals surface area contributed by atoms with E-state index in [1.54, 1.807) is 0 Å². The molecule has 0 atom stereocenters. The normalized spacial score (nSPS) is 11.9. The summed E-state index contributed by atoms with van der Waals surface area (Å²) in [6.45, 7) is -0.538. The van der Waals surface area contributed by atoms with Crippen LogP contribution in [0.2, 0.25) is 0 Å². The highest BCUT2D eigenvalue weighted by Crippen LogP contribution is 2.29. The fraction of sp³-hybridized carbons (Fsp3) is 0.176. The van der Waals surface area contributed by atoms with Gasteiger partial charge in [0.2, 0.25) is 15.9 Å². The van der Waals surface area contributed by atoms with E-state index < -0.39 is 34.2 Å². The lowest BCUT2D eigenvalue weighted by Crippen LogP contribution is -2.35. The minimum atomic E-state index is -4.49. The Hall–Kier alpha value is -2.90. The number of anilines is 1. The van der Waals surface area contributed by atoms with Crippen LogP contribution in [0.4, 0.5) is 18.9 Å². The Labute approximate surface area is 153 Å². The van der Waals surface area contributed by atoms with Gasteiger partial charge in [0.15, 0.2) is 0 Å². The molecule has 0 aliphatic heterocycles. The third-order valence-electron chi connectivity index (χ3n) is 3.55. The predicted molar refractivity (Wildman–Crippen MR) is 91.0 cm³/mol. The zero-order valence-electron chi connectivity index (χ0n) is 14.0. The number of nitrogens with one attached hydrogen (secondary N) is 1. The number of carbonyl (C=O) groups is 1. The maximum Gasteiger partial charge on any atom is 0.416 e. The van der Waals surface area contributed by atoms with Crippen LogP contribution in [0.15, 0.2) is 53.4 Å². The first-order chi connectivity index (χ1) is 12.5. The van der Waals surface area contributed by atoms with E-state index in [-0.39, 0.29) is 16.1 Å². The highest BCUT2D eigenvalue weighted by atomic mass is 32.2. The number of alkyl halides is 3. The van der Waals surface area contributed by atoms with Gasteiger partial charge in [0.1, 0.15) is 0 Å². The molecule has 2 rings (SSSR count). The topological polar surface area (TPSA) is 90.3 Å². The Balaban J connectivity index is 2.05. The summed E-state index contributed by atoms with van der Waals surface area (Å²) in [5, 5.41) is 11.1. The highest BCUT2D eigenvalue weighted by Gasteiger charge is 2.30. The Bertz CT molecular complexity index is 964. The number of amides is 1. The van der Waals surface area contributed by atoms with Gasteiger partial charge in [0.05, 0.1) is 28.6 Å². The van der Waals surface area contributed by atoms with E-state index in [1.807, 2.05) is 6.07 Å². The number of carbonyl (C=O) groups excluding carboxylic acids is 1. The van der Waals surface area contributed by atoms with E-state index in [2.05, 4.69) is 5.32 Å². The van der Waals surface area contributed by atoms with Gasteiger partial charge in [-0.15, -0.1) is 0 Å².